The van der Waals surface area contributed by atoms with Crippen LogP contribution >= 0.6 is 0 Å². The predicted octanol–water partition coefficient (Wildman–Crippen LogP) is 1.44. The van der Waals surface area contributed by atoms with Crippen LogP contribution in [0.3, 0.4) is 0 Å². The average molecular weight is 347 g/mol. The van der Waals surface area contributed by atoms with Crippen LogP contribution in [0, 0.1) is 5.92 Å². The predicted molar refractivity (Wildman–Crippen MR) is 81.9 cm³/mol. The number of ether oxygens (including phenoxy) is 2. The van der Waals surface area contributed by atoms with E-state index in [0.29, 0.717) is 13.2 Å². The molecule has 0 spiro atoms. The number of hydrogen-bond acceptors (Lipinski definition) is 4. The summed E-state index contributed by atoms with van der Waals surface area (Å²) in [6, 6.07) is 0. The molecule has 0 radical (unpaired) electrons. The number of Topliss-reactive ketones (excluding diaryl/α,β-unsaturated/α-hetero) is 1. The van der Waals surface area contributed by atoms with Gasteiger partial charge in [0.2, 0.25) is 0 Å². The molecule has 0 heterocycles. The third-order valence-corrected chi connectivity index (χ3v) is 2.95. The molecule has 5 nitrogen and oxygen atoms in total. The van der Waals surface area contributed by atoms with Crippen molar-refractivity contribution in [2.45, 2.75) is 59.2 Å². The Balaban J connectivity index is 0. The molecular formula is C14H29GaO5. The third kappa shape index (κ3) is 7.47. The van der Waals surface area contributed by atoms with E-state index < -0.39 is 23.5 Å². The molecule has 0 rings (SSSR count). The van der Waals surface area contributed by atoms with Crippen LogP contribution in [0.2, 0.25) is 0 Å². The Morgan fingerprint density at radius 1 is 1.10 bits per heavy atom. The van der Waals surface area contributed by atoms with Gasteiger partial charge >= 0.3 is 25.8 Å². The van der Waals surface area contributed by atoms with E-state index >= 15 is 0 Å². The standard InChI is InChI=1S/C14H26O5.Ga.3H/c1-5-7-9-18-14(4,19-10-8-6-2)12(11(3)15)13(16)17;;;;/h12H,5-10H2,1-4H3,(H,16,17);;;;. The van der Waals surface area contributed by atoms with Gasteiger partial charge in [-0.1, -0.05) is 26.7 Å². The van der Waals surface area contributed by atoms with E-state index in [0.717, 1.165) is 25.7 Å². The number of hydrogen-bond donors (Lipinski definition) is 1. The van der Waals surface area contributed by atoms with Gasteiger partial charge in [0.15, 0.2) is 11.7 Å². The van der Waals surface area contributed by atoms with Gasteiger partial charge in [-0.15, -0.1) is 0 Å². The molecule has 0 fully saturated rings. The van der Waals surface area contributed by atoms with Crippen LogP contribution in [0.4, 0.5) is 0 Å². The summed E-state index contributed by atoms with van der Waals surface area (Å²) < 4.78 is 11.2. The average Bonchev–Trinajstić information content (AvgIpc) is 2.28. The second-order valence-electron chi connectivity index (χ2n) is 4.80. The second kappa shape index (κ2) is 11.4. The van der Waals surface area contributed by atoms with Crippen molar-refractivity contribution in [2.75, 3.05) is 13.2 Å². The first-order valence-electron chi connectivity index (χ1n) is 6.90. The first-order chi connectivity index (χ1) is 8.89. The molecule has 1 atom stereocenters. The van der Waals surface area contributed by atoms with Crippen molar-refractivity contribution in [3.63, 3.8) is 0 Å². The van der Waals surface area contributed by atoms with Crippen LogP contribution in [-0.2, 0) is 19.1 Å². The van der Waals surface area contributed by atoms with Crippen LogP contribution < -0.4 is 0 Å². The fourth-order valence-electron chi connectivity index (χ4n) is 1.81. The summed E-state index contributed by atoms with van der Waals surface area (Å²) in [5.74, 6) is -4.34. The number of carboxylic acid groups (broad SMARTS) is 1. The first-order valence-corrected chi connectivity index (χ1v) is 6.90. The van der Waals surface area contributed by atoms with E-state index in [1.165, 1.54) is 6.92 Å². The number of carbonyl (C=O) groups excluding carboxylic acids is 1. The monoisotopic (exact) mass is 346 g/mol. The van der Waals surface area contributed by atoms with Crippen LogP contribution in [0.5, 0.6) is 0 Å². The molecule has 20 heavy (non-hydrogen) atoms. The number of carbonyl (C=O) groups is 2. The van der Waals surface area contributed by atoms with Gasteiger partial charge < -0.3 is 14.6 Å². The van der Waals surface area contributed by atoms with E-state index in [2.05, 4.69) is 0 Å². The fourth-order valence-corrected chi connectivity index (χ4v) is 1.81. The Morgan fingerprint density at radius 2 is 1.50 bits per heavy atom. The van der Waals surface area contributed by atoms with Crippen molar-refractivity contribution in [3.05, 3.63) is 0 Å². The van der Waals surface area contributed by atoms with Crippen LogP contribution in [0.1, 0.15) is 53.4 Å². The van der Waals surface area contributed by atoms with Crippen LogP contribution in [0.15, 0.2) is 0 Å². The Kier molecular flexibility index (Phi) is 12.5. The Labute approximate surface area is 134 Å². The topological polar surface area (TPSA) is 72.8 Å². The van der Waals surface area contributed by atoms with E-state index in [9.17, 15) is 14.7 Å². The zero-order valence-corrected chi connectivity index (χ0v) is 12.4. The molecule has 0 aromatic rings. The van der Waals surface area contributed by atoms with E-state index in [1.807, 2.05) is 13.8 Å². The molecule has 1 unspecified atom stereocenters. The van der Waals surface area contributed by atoms with Gasteiger partial charge in [-0.3, -0.25) is 9.59 Å². The minimum absolute atomic E-state index is 0. The minimum atomic E-state index is -1.39. The van der Waals surface area contributed by atoms with Crippen molar-refractivity contribution in [1.82, 2.24) is 0 Å². The molecule has 1 N–H and O–H groups in total. The Morgan fingerprint density at radius 3 is 1.75 bits per heavy atom. The number of carboxylic acids is 1. The Bertz CT molecular complexity index is 269. The van der Waals surface area contributed by atoms with Gasteiger partial charge in [-0.05, 0) is 26.7 Å². The molecule has 0 aromatic heterocycles. The molecular weight excluding hydrogens is 318 g/mol. The quantitative estimate of drug-likeness (QED) is 0.265. The molecule has 6 heteroatoms. The zero-order valence-electron chi connectivity index (χ0n) is 12.4. The summed E-state index contributed by atoms with van der Waals surface area (Å²) in [6.45, 7) is 7.59. The van der Waals surface area contributed by atoms with E-state index in [-0.39, 0.29) is 19.8 Å². The molecule has 0 aromatic carbocycles. The molecule has 0 bridgehead atoms. The molecule has 0 aliphatic rings. The maximum atomic E-state index is 11.6. The summed E-state index contributed by atoms with van der Waals surface area (Å²) in [7, 11) is 0. The third-order valence-electron chi connectivity index (χ3n) is 2.95. The fraction of sp³-hybridized carbons (Fsp3) is 0.857. The van der Waals surface area contributed by atoms with Gasteiger partial charge in [0, 0.05) is 0 Å². The van der Waals surface area contributed by atoms with Crippen LogP contribution in [0.25, 0.3) is 0 Å². The SMILES string of the molecule is CCCCOC(C)(OCCCC)C(C(C)=O)C(=O)O.[GaH3]. The molecule has 0 aliphatic carbocycles. The van der Waals surface area contributed by atoms with E-state index in [1.54, 1.807) is 6.92 Å². The van der Waals surface area contributed by atoms with Crippen LogP contribution in [-0.4, -0.2) is 55.7 Å². The number of ketones is 1. The Hall–Kier alpha value is -0.304. The summed E-state index contributed by atoms with van der Waals surface area (Å²) in [5, 5.41) is 9.21. The van der Waals surface area contributed by atoms with Crippen molar-refractivity contribution in [1.29, 1.82) is 0 Å². The number of rotatable bonds is 11. The number of unbranched alkanes of at least 4 members (excludes halogenated alkanes) is 2. The van der Waals surface area contributed by atoms with Gasteiger partial charge in [0.25, 0.3) is 0 Å². The van der Waals surface area contributed by atoms with Crippen molar-refractivity contribution in [2.24, 2.45) is 5.92 Å². The van der Waals surface area contributed by atoms with Gasteiger partial charge in [-0.2, -0.15) is 0 Å². The van der Waals surface area contributed by atoms with Gasteiger partial charge in [0.1, 0.15) is 5.78 Å². The molecule has 0 amide bonds. The number of aliphatic carboxylic acids is 1. The summed E-state index contributed by atoms with van der Waals surface area (Å²) in [4.78, 5) is 22.8. The van der Waals surface area contributed by atoms with Crippen molar-refractivity contribution >= 4 is 31.5 Å². The molecule has 0 aliphatic heterocycles. The molecule has 0 saturated carbocycles. The summed E-state index contributed by atoms with van der Waals surface area (Å²) >= 11 is 0. The maximum absolute atomic E-state index is 11.6. The van der Waals surface area contributed by atoms with Gasteiger partial charge in [-0.25, -0.2) is 0 Å². The normalized spacial score (nSPS) is 12.6. The first kappa shape index (κ1) is 22.0. The van der Waals surface area contributed by atoms with E-state index in [4.69, 9.17) is 9.47 Å². The summed E-state index contributed by atoms with van der Waals surface area (Å²) in [5.41, 5.74) is 0. The zero-order chi connectivity index (χ0) is 14.9. The van der Waals surface area contributed by atoms with Crippen molar-refractivity contribution in [3.8, 4) is 0 Å². The van der Waals surface area contributed by atoms with Gasteiger partial charge in [0.05, 0.1) is 13.2 Å². The van der Waals surface area contributed by atoms with Crippen molar-refractivity contribution < 1.29 is 24.2 Å². The molecule has 0 saturated heterocycles. The molecule has 118 valence electrons. The summed E-state index contributed by atoms with van der Waals surface area (Å²) in [6.07, 6.45) is 3.47. The second-order valence-corrected chi connectivity index (χ2v) is 4.80.